The van der Waals surface area contributed by atoms with Crippen molar-refractivity contribution in [1.82, 2.24) is 14.4 Å². The maximum Gasteiger partial charge on any atom is 0.270 e. The van der Waals surface area contributed by atoms with Gasteiger partial charge in [-0.3, -0.25) is 9.59 Å². The fourth-order valence-electron chi connectivity index (χ4n) is 5.05. The Morgan fingerprint density at radius 3 is 2.78 bits per heavy atom. The molecule has 0 radical (unpaired) electrons. The zero-order valence-electron chi connectivity index (χ0n) is 16.6. The monoisotopic (exact) mass is 367 g/mol. The smallest absolute Gasteiger partial charge is 0.270 e. The largest absolute Gasteiger partial charge is 0.342 e. The van der Waals surface area contributed by atoms with Crippen molar-refractivity contribution in [3.8, 4) is 0 Å². The number of carbonyl (C=O) groups is 2. The molecular formula is C22H29N3O2. The van der Waals surface area contributed by atoms with Gasteiger partial charge in [-0.15, -0.1) is 0 Å². The molecule has 2 aromatic rings. The predicted octanol–water partition coefficient (Wildman–Crippen LogP) is 3.35. The van der Waals surface area contributed by atoms with Crippen LogP contribution < -0.4 is 0 Å². The Balaban J connectivity index is 1.59. The third kappa shape index (κ3) is 2.84. The van der Waals surface area contributed by atoms with Crippen molar-refractivity contribution in [2.45, 2.75) is 39.5 Å². The van der Waals surface area contributed by atoms with Gasteiger partial charge in [-0.1, -0.05) is 25.1 Å². The molecular weight excluding hydrogens is 338 g/mol. The average Bonchev–Trinajstić information content (AvgIpc) is 3.22. The number of rotatable bonds is 3. The number of nitrogens with zero attached hydrogens (tertiary/aromatic N) is 3. The second-order valence-corrected chi connectivity index (χ2v) is 8.25. The summed E-state index contributed by atoms with van der Waals surface area (Å²) in [4.78, 5) is 30.3. The second-order valence-electron chi connectivity index (χ2n) is 8.25. The Kier molecular flexibility index (Phi) is 4.49. The first kappa shape index (κ1) is 18.1. The molecule has 2 aliphatic rings. The van der Waals surface area contributed by atoms with Gasteiger partial charge in [-0.05, 0) is 44.2 Å². The zero-order chi connectivity index (χ0) is 19.2. The summed E-state index contributed by atoms with van der Waals surface area (Å²) in [6, 6.07) is 8.14. The molecule has 0 unspecified atom stereocenters. The molecule has 5 heteroatoms. The number of hydrogen-bond acceptors (Lipinski definition) is 2. The van der Waals surface area contributed by atoms with Crippen molar-refractivity contribution in [3.63, 3.8) is 0 Å². The van der Waals surface area contributed by atoms with Crippen LogP contribution in [-0.2, 0) is 11.8 Å². The van der Waals surface area contributed by atoms with Crippen molar-refractivity contribution >= 4 is 22.7 Å². The summed E-state index contributed by atoms with van der Waals surface area (Å²) >= 11 is 0. The topological polar surface area (TPSA) is 45.5 Å². The molecule has 2 saturated heterocycles. The molecule has 27 heavy (non-hydrogen) atoms. The molecule has 1 aromatic carbocycles. The Morgan fingerprint density at radius 2 is 2.04 bits per heavy atom. The Hall–Kier alpha value is -2.30. The van der Waals surface area contributed by atoms with Crippen molar-refractivity contribution in [2.75, 3.05) is 26.2 Å². The van der Waals surface area contributed by atoms with E-state index < -0.39 is 0 Å². The number of hydrogen-bond donors (Lipinski definition) is 0. The Morgan fingerprint density at radius 1 is 1.22 bits per heavy atom. The van der Waals surface area contributed by atoms with Gasteiger partial charge in [0.25, 0.3) is 5.91 Å². The number of fused-ring (bicyclic) bond motifs is 1. The van der Waals surface area contributed by atoms with Crippen LogP contribution in [0.25, 0.3) is 10.9 Å². The van der Waals surface area contributed by atoms with Gasteiger partial charge < -0.3 is 14.4 Å². The molecule has 0 saturated carbocycles. The van der Waals surface area contributed by atoms with E-state index in [1.807, 2.05) is 33.5 Å². The van der Waals surface area contributed by atoms with Gasteiger partial charge in [0.1, 0.15) is 5.69 Å². The molecule has 2 fully saturated rings. The summed E-state index contributed by atoms with van der Waals surface area (Å²) in [7, 11) is 1.96. The van der Waals surface area contributed by atoms with Gasteiger partial charge in [-0.25, -0.2) is 0 Å². The number of aryl methyl sites for hydroxylation is 2. The average molecular weight is 367 g/mol. The van der Waals surface area contributed by atoms with Crippen molar-refractivity contribution in [3.05, 3.63) is 35.5 Å². The summed E-state index contributed by atoms with van der Waals surface area (Å²) < 4.78 is 2.00. The summed E-state index contributed by atoms with van der Waals surface area (Å²) in [5.74, 6) is 0.309. The number of carbonyl (C=O) groups excluding carboxylic acids is 2. The second kappa shape index (κ2) is 6.70. The first-order valence-electron chi connectivity index (χ1n) is 10.1. The molecule has 2 amide bonds. The van der Waals surface area contributed by atoms with E-state index in [-0.39, 0.29) is 17.2 Å². The third-order valence-electron chi connectivity index (χ3n) is 6.44. The quantitative estimate of drug-likeness (QED) is 0.835. The maximum absolute atomic E-state index is 13.3. The number of likely N-dealkylation sites (tertiary alicyclic amines) is 2. The van der Waals surface area contributed by atoms with Crippen LogP contribution >= 0.6 is 0 Å². The van der Waals surface area contributed by atoms with E-state index >= 15 is 0 Å². The molecule has 1 atom stereocenters. The molecule has 4 rings (SSSR count). The third-order valence-corrected chi connectivity index (χ3v) is 6.44. The highest BCUT2D eigenvalue weighted by Crippen LogP contribution is 2.40. The summed E-state index contributed by atoms with van der Waals surface area (Å²) in [5.41, 5.74) is 2.64. The number of benzene rings is 1. The van der Waals surface area contributed by atoms with Gasteiger partial charge in [0.05, 0.1) is 10.9 Å². The number of aromatic nitrogens is 1. The van der Waals surface area contributed by atoms with E-state index in [2.05, 4.69) is 26.0 Å². The minimum Gasteiger partial charge on any atom is -0.342 e. The number of para-hydroxylation sites is 1. The van der Waals surface area contributed by atoms with E-state index in [9.17, 15) is 9.59 Å². The van der Waals surface area contributed by atoms with Crippen LogP contribution in [0.2, 0.25) is 0 Å². The number of piperidine rings is 1. The van der Waals surface area contributed by atoms with Gasteiger partial charge in [-0.2, -0.15) is 0 Å². The van der Waals surface area contributed by atoms with E-state index in [1.165, 1.54) is 5.56 Å². The maximum atomic E-state index is 13.3. The normalized spacial score (nSPS) is 23.0. The molecule has 0 bridgehead atoms. The van der Waals surface area contributed by atoms with Crippen LogP contribution in [0.1, 0.15) is 48.7 Å². The van der Waals surface area contributed by atoms with E-state index in [1.54, 1.807) is 0 Å². The van der Waals surface area contributed by atoms with Gasteiger partial charge in [0.15, 0.2) is 0 Å². The SMILES string of the molecule is CCCN1CCC[C@@]2(CCN(C(=O)c3cc4cccc(C)c4n3C)C2)C1=O. The van der Waals surface area contributed by atoms with Crippen LogP contribution in [0.15, 0.2) is 24.3 Å². The fraction of sp³-hybridized carbons (Fsp3) is 0.545. The lowest BCUT2D eigenvalue weighted by Gasteiger charge is -2.39. The number of amides is 2. The lowest BCUT2D eigenvalue weighted by atomic mass is 9.78. The van der Waals surface area contributed by atoms with Crippen LogP contribution in [0.4, 0.5) is 0 Å². The molecule has 1 spiro atoms. The summed E-state index contributed by atoms with van der Waals surface area (Å²) in [6.07, 6.45) is 3.73. The minimum absolute atomic E-state index is 0.0467. The summed E-state index contributed by atoms with van der Waals surface area (Å²) in [5, 5.41) is 1.10. The highest BCUT2D eigenvalue weighted by Gasteiger charge is 2.49. The molecule has 1 aromatic heterocycles. The molecule has 5 nitrogen and oxygen atoms in total. The van der Waals surface area contributed by atoms with E-state index in [4.69, 9.17) is 0 Å². The standard InChI is InChI=1S/C22H29N3O2/c1-4-11-24-12-6-9-22(21(24)27)10-13-25(15-22)20(26)18-14-17-8-5-7-16(2)19(17)23(18)3/h5,7-8,14H,4,6,9-13,15H2,1-3H3/t22-/m0/s1. The van der Waals surface area contributed by atoms with Crippen LogP contribution in [0.5, 0.6) is 0 Å². The lowest BCUT2D eigenvalue weighted by Crippen LogP contribution is -2.50. The summed E-state index contributed by atoms with van der Waals surface area (Å²) in [6.45, 7) is 7.11. The van der Waals surface area contributed by atoms with Gasteiger partial charge >= 0.3 is 0 Å². The first-order valence-corrected chi connectivity index (χ1v) is 10.1. The highest BCUT2D eigenvalue weighted by atomic mass is 16.2. The molecule has 0 aliphatic carbocycles. The van der Waals surface area contributed by atoms with Gasteiger partial charge in [0, 0.05) is 38.6 Å². The van der Waals surface area contributed by atoms with Crippen molar-refractivity contribution in [2.24, 2.45) is 12.5 Å². The van der Waals surface area contributed by atoms with Gasteiger partial charge in [0.2, 0.25) is 5.91 Å². The van der Waals surface area contributed by atoms with Crippen molar-refractivity contribution < 1.29 is 9.59 Å². The van der Waals surface area contributed by atoms with Crippen molar-refractivity contribution in [1.29, 1.82) is 0 Å². The molecule has 2 aliphatic heterocycles. The van der Waals surface area contributed by atoms with E-state index in [0.717, 1.165) is 49.7 Å². The predicted molar refractivity (Wildman–Crippen MR) is 107 cm³/mol. The van der Waals surface area contributed by atoms with Crippen LogP contribution in [0.3, 0.4) is 0 Å². The van der Waals surface area contributed by atoms with Crippen LogP contribution in [-0.4, -0.2) is 52.4 Å². The first-order chi connectivity index (χ1) is 13.0. The molecule has 144 valence electrons. The Labute approximate surface area is 160 Å². The van der Waals surface area contributed by atoms with E-state index in [0.29, 0.717) is 18.8 Å². The Bertz CT molecular complexity index is 898. The molecule has 3 heterocycles. The molecule has 0 N–H and O–H groups in total. The minimum atomic E-state index is -0.358. The zero-order valence-corrected chi connectivity index (χ0v) is 16.6. The fourth-order valence-corrected chi connectivity index (χ4v) is 5.05. The lowest BCUT2D eigenvalue weighted by molar-refractivity contribution is -0.145. The highest BCUT2D eigenvalue weighted by molar-refractivity contribution is 6.00. The van der Waals surface area contributed by atoms with Crippen LogP contribution in [0, 0.1) is 12.3 Å².